The quantitative estimate of drug-likeness (QED) is 0.791. The molecule has 0 aromatic carbocycles. The number of carboxylic acids is 1. The summed E-state index contributed by atoms with van der Waals surface area (Å²) in [6.45, 7) is 3.08. The Morgan fingerprint density at radius 1 is 1.50 bits per heavy atom. The number of aryl methyl sites for hydroxylation is 1. The molecule has 0 spiro atoms. The molecule has 0 unspecified atom stereocenters. The summed E-state index contributed by atoms with van der Waals surface area (Å²) in [5.74, 6) is -0.903. The minimum absolute atomic E-state index is 0.325. The Morgan fingerprint density at radius 3 is 2.83 bits per heavy atom. The minimum atomic E-state index is -0.903. The van der Waals surface area contributed by atoms with Crippen LogP contribution in [-0.2, 0) is 13.1 Å². The molecule has 0 amide bonds. The van der Waals surface area contributed by atoms with E-state index in [0.717, 1.165) is 21.5 Å². The highest BCUT2D eigenvalue weighted by molar-refractivity contribution is 7.16. The zero-order valence-corrected chi connectivity index (χ0v) is 11.4. The van der Waals surface area contributed by atoms with Crippen LogP contribution in [0, 0.1) is 6.92 Å². The highest BCUT2D eigenvalue weighted by Crippen LogP contribution is 2.21. The third-order valence-corrected chi connectivity index (χ3v) is 3.78. The van der Waals surface area contributed by atoms with Crippen molar-refractivity contribution in [1.29, 1.82) is 0 Å². The summed E-state index contributed by atoms with van der Waals surface area (Å²) in [4.78, 5) is 15.1. The predicted molar refractivity (Wildman–Crippen MR) is 72.4 cm³/mol. The van der Waals surface area contributed by atoms with Crippen LogP contribution in [0.2, 0.25) is 4.34 Å². The zero-order valence-electron chi connectivity index (χ0n) is 9.79. The molecule has 6 heteroatoms. The lowest BCUT2D eigenvalue weighted by Gasteiger charge is -2.00. The molecule has 0 bridgehead atoms. The molecule has 3 N–H and O–H groups in total. The molecule has 2 rings (SSSR count). The summed E-state index contributed by atoms with van der Waals surface area (Å²) >= 11 is 7.37. The fourth-order valence-electron chi connectivity index (χ4n) is 1.71. The molecule has 0 aliphatic carbocycles. The Kier molecular flexibility index (Phi) is 4.06. The number of hydrogen-bond acceptors (Lipinski definition) is 3. The van der Waals surface area contributed by atoms with Crippen LogP contribution in [0.15, 0.2) is 18.2 Å². The van der Waals surface area contributed by atoms with Gasteiger partial charge in [-0.25, -0.2) is 4.79 Å². The van der Waals surface area contributed by atoms with Crippen molar-refractivity contribution in [1.82, 2.24) is 10.3 Å². The third-order valence-electron chi connectivity index (χ3n) is 2.54. The van der Waals surface area contributed by atoms with Gasteiger partial charge in [0.05, 0.1) is 9.90 Å². The summed E-state index contributed by atoms with van der Waals surface area (Å²) in [6.07, 6.45) is 0. The van der Waals surface area contributed by atoms with Gasteiger partial charge in [-0.15, -0.1) is 11.3 Å². The van der Waals surface area contributed by atoms with Crippen LogP contribution < -0.4 is 5.32 Å². The molecule has 0 aliphatic rings. The first kappa shape index (κ1) is 13.1. The minimum Gasteiger partial charge on any atom is -0.478 e. The Hall–Kier alpha value is -1.30. The average Bonchev–Trinajstić information content (AvgIpc) is 2.85. The molecule has 2 aromatic heterocycles. The summed E-state index contributed by atoms with van der Waals surface area (Å²) in [7, 11) is 0. The van der Waals surface area contributed by atoms with Gasteiger partial charge in [-0.1, -0.05) is 11.6 Å². The van der Waals surface area contributed by atoms with Gasteiger partial charge in [0.1, 0.15) is 0 Å². The largest absolute Gasteiger partial charge is 0.478 e. The van der Waals surface area contributed by atoms with E-state index in [9.17, 15) is 4.79 Å². The van der Waals surface area contributed by atoms with E-state index in [1.807, 2.05) is 12.1 Å². The van der Waals surface area contributed by atoms with E-state index >= 15 is 0 Å². The molecule has 0 aliphatic heterocycles. The van der Waals surface area contributed by atoms with Gasteiger partial charge in [0.25, 0.3) is 0 Å². The second-order valence-corrected chi connectivity index (χ2v) is 5.75. The van der Waals surface area contributed by atoms with Crippen LogP contribution in [0.25, 0.3) is 0 Å². The van der Waals surface area contributed by atoms with Gasteiger partial charge in [-0.05, 0) is 25.1 Å². The van der Waals surface area contributed by atoms with Crippen LogP contribution in [0.1, 0.15) is 26.6 Å². The number of halogens is 1. The van der Waals surface area contributed by atoms with Gasteiger partial charge in [-0.3, -0.25) is 0 Å². The van der Waals surface area contributed by atoms with Crippen LogP contribution in [-0.4, -0.2) is 16.1 Å². The maximum atomic E-state index is 10.9. The fraction of sp³-hybridized carbons (Fsp3) is 0.250. The molecule has 4 nitrogen and oxygen atoms in total. The molecular weight excluding hydrogens is 272 g/mol. The molecule has 0 saturated carbocycles. The van der Waals surface area contributed by atoms with Crippen molar-refractivity contribution < 1.29 is 9.90 Å². The molecule has 2 heterocycles. The first-order valence-electron chi connectivity index (χ1n) is 5.43. The van der Waals surface area contributed by atoms with Gasteiger partial charge >= 0.3 is 5.97 Å². The zero-order chi connectivity index (χ0) is 13.1. The van der Waals surface area contributed by atoms with Crippen molar-refractivity contribution >= 4 is 28.9 Å². The fourth-order valence-corrected chi connectivity index (χ4v) is 2.77. The first-order valence-corrected chi connectivity index (χ1v) is 6.62. The van der Waals surface area contributed by atoms with Gasteiger partial charge in [-0.2, -0.15) is 0 Å². The summed E-state index contributed by atoms with van der Waals surface area (Å²) in [5, 5.41) is 12.2. The molecule has 0 fully saturated rings. The molecule has 96 valence electrons. The van der Waals surface area contributed by atoms with E-state index in [1.54, 1.807) is 13.0 Å². The van der Waals surface area contributed by atoms with Crippen LogP contribution >= 0.6 is 22.9 Å². The standard InChI is InChI=1S/C12H13ClN2O2S/c1-7-10(12(16)17)4-8(15-7)5-14-6-9-2-3-11(13)18-9/h2-4,14-15H,5-6H2,1H3,(H,16,17). The lowest BCUT2D eigenvalue weighted by Crippen LogP contribution is -2.11. The summed E-state index contributed by atoms with van der Waals surface area (Å²) in [6, 6.07) is 5.50. The Balaban J connectivity index is 1.90. The van der Waals surface area contributed by atoms with E-state index in [0.29, 0.717) is 17.8 Å². The molecular formula is C12H13ClN2O2S. The molecule has 0 atom stereocenters. The van der Waals surface area contributed by atoms with Gasteiger partial charge in [0, 0.05) is 29.4 Å². The van der Waals surface area contributed by atoms with Gasteiger partial charge < -0.3 is 15.4 Å². The Morgan fingerprint density at radius 2 is 2.28 bits per heavy atom. The van der Waals surface area contributed by atoms with E-state index in [4.69, 9.17) is 16.7 Å². The lowest BCUT2D eigenvalue weighted by atomic mass is 10.2. The molecule has 0 radical (unpaired) electrons. The van der Waals surface area contributed by atoms with Crippen molar-refractivity contribution in [2.75, 3.05) is 0 Å². The number of thiophene rings is 1. The van der Waals surface area contributed by atoms with E-state index in [-0.39, 0.29) is 0 Å². The van der Waals surface area contributed by atoms with Crippen molar-refractivity contribution in [3.63, 3.8) is 0 Å². The smallest absolute Gasteiger partial charge is 0.337 e. The highest BCUT2D eigenvalue weighted by Gasteiger charge is 2.10. The van der Waals surface area contributed by atoms with Crippen molar-refractivity contribution in [3.05, 3.63) is 44.4 Å². The van der Waals surface area contributed by atoms with Crippen LogP contribution in [0.3, 0.4) is 0 Å². The van der Waals surface area contributed by atoms with Gasteiger partial charge in [0.15, 0.2) is 0 Å². The maximum Gasteiger partial charge on any atom is 0.337 e. The number of rotatable bonds is 5. The number of carbonyl (C=O) groups is 1. The second-order valence-electron chi connectivity index (χ2n) is 3.95. The molecule has 0 saturated heterocycles. The number of H-pyrrole nitrogens is 1. The van der Waals surface area contributed by atoms with Crippen molar-refractivity contribution in [3.8, 4) is 0 Å². The number of hydrogen-bond donors (Lipinski definition) is 3. The van der Waals surface area contributed by atoms with Crippen molar-refractivity contribution in [2.24, 2.45) is 0 Å². The Bertz CT molecular complexity index is 562. The topological polar surface area (TPSA) is 65.1 Å². The highest BCUT2D eigenvalue weighted by atomic mass is 35.5. The number of aromatic amines is 1. The predicted octanol–water partition coefficient (Wildman–Crippen LogP) is 3.03. The Labute approximate surface area is 114 Å². The SMILES string of the molecule is Cc1[nH]c(CNCc2ccc(Cl)s2)cc1C(=O)O. The van der Waals surface area contributed by atoms with Gasteiger partial charge in [0.2, 0.25) is 0 Å². The van der Waals surface area contributed by atoms with E-state index in [2.05, 4.69) is 10.3 Å². The average molecular weight is 285 g/mol. The first-order chi connectivity index (χ1) is 8.56. The number of aromatic carboxylic acids is 1. The second kappa shape index (κ2) is 5.56. The normalized spacial score (nSPS) is 10.8. The summed E-state index contributed by atoms with van der Waals surface area (Å²) < 4.78 is 0.774. The molecule has 18 heavy (non-hydrogen) atoms. The van der Waals surface area contributed by atoms with Crippen LogP contribution in [0.4, 0.5) is 0 Å². The lowest BCUT2D eigenvalue weighted by molar-refractivity contribution is 0.0696. The van der Waals surface area contributed by atoms with Crippen molar-refractivity contribution in [2.45, 2.75) is 20.0 Å². The van der Waals surface area contributed by atoms with Crippen LogP contribution in [0.5, 0.6) is 0 Å². The van der Waals surface area contributed by atoms with E-state index in [1.165, 1.54) is 11.3 Å². The maximum absolute atomic E-state index is 10.9. The number of aromatic nitrogens is 1. The number of nitrogens with one attached hydrogen (secondary N) is 2. The number of carboxylic acid groups (broad SMARTS) is 1. The third kappa shape index (κ3) is 3.13. The summed E-state index contributed by atoms with van der Waals surface area (Å²) in [5.41, 5.74) is 1.87. The molecule has 2 aromatic rings. The van der Waals surface area contributed by atoms with E-state index < -0.39 is 5.97 Å². The monoisotopic (exact) mass is 284 g/mol.